The minimum atomic E-state index is -0.560. The number of hydrazine groups is 1. The summed E-state index contributed by atoms with van der Waals surface area (Å²) in [5, 5.41) is 26.7. The predicted octanol–water partition coefficient (Wildman–Crippen LogP) is 4.47. The SMILES string of the molecule is N#Cc1cccc(-c2n[nH]c(=O)cc2C(c2ccccc2)C2N=CC=CN2N2CCN(CC3CCN(c4ccc(NC5CCC(=O)NC5=O)cc4F)CC3)CC2)c1. The third kappa shape index (κ3) is 8.50. The molecule has 0 radical (unpaired) electrons. The maximum Gasteiger partial charge on any atom is 0.264 e. The second-order valence-electron chi connectivity index (χ2n) is 15.0. The zero-order valence-electron chi connectivity index (χ0n) is 31.6. The number of halogens is 1. The van der Waals surface area contributed by atoms with E-state index in [9.17, 15) is 19.6 Å². The lowest BCUT2D eigenvalue weighted by molar-refractivity contribution is -0.133. The maximum absolute atomic E-state index is 15.3. The highest BCUT2D eigenvalue weighted by molar-refractivity contribution is 6.01. The fraction of sp³-hybridized carbons (Fsp3) is 0.349. The molecule has 4 aliphatic heterocycles. The second-order valence-corrected chi connectivity index (χ2v) is 15.0. The van der Waals surface area contributed by atoms with Gasteiger partial charge in [-0.25, -0.2) is 14.5 Å². The number of carbonyl (C=O) groups excluding carboxylic acids is 2. The summed E-state index contributed by atoms with van der Waals surface area (Å²) in [7, 11) is 0. The van der Waals surface area contributed by atoms with Crippen LogP contribution >= 0.6 is 0 Å². The van der Waals surface area contributed by atoms with Gasteiger partial charge in [-0.3, -0.25) is 29.7 Å². The first kappa shape index (κ1) is 37.7. The number of rotatable bonds is 10. The lowest BCUT2D eigenvalue weighted by Gasteiger charge is -2.46. The number of anilines is 2. The van der Waals surface area contributed by atoms with E-state index in [1.165, 1.54) is 6.07 Å². The Balaban J connectivity index is 0.908. The van der Waals surface area contributed by atoms with Crippen molar-refractivity contribution >= 4 is 29.4 Å². The number of nitrogens with one attached hydrogen (secondary N) is 3. The highest BCUT2D eigenvalue weighted by atomic mass is 19.1. The van der Waals surface area contributed by atoms with E-state index in [1.807, 2.05) is 42.6 Å². The topological polar surface area (TPSA) is 153 Å². The number of carbonyl (C=O) groups is 2. The van der Waals surface area contributed by atoms with Crippen LogP contribution < -0.4 is 21.1 Å². The van der Waals surface area contributed by atoms with Crippen LogP contribution in [-0.2, 0) is 9.59 Å². The molecule has 3 aromatic carbocycles. The van der Waals surface area contributed by atoms with Crippen LogP contribution in [0.3, 0.4) is 0 Å². The number of aromatic amines is 1. The number of aromatic nitrogens is 2. The first-order valence-corrected chi connectivity index (χ1v) is 19.6. The Morgan fingerprint density at radius 2 is 1.72 bits per heavy atom. The molecule has 4 aliphatic rings. The van der Waals surface area contributed by atoms with Gasteiger partial charge in [-0.1, -0.05) is 42.5 Å². The van der Waals surface area contributed by atoms with Gasteiger partial charge in [0.25, 0.3) is 5.56 Å². The summed E-state index contributed by atoms with van der Waals surface area (Å²) >= 11 is 0. The number of aliphatic imine (C=N–C) groups is 1. The summed E-state index contributed by atoms with van der Waals surface area (Å²) < 4.78 is 15.3. The summed E-state index contributed by atoms with van der Waals surface area (Å²) in [6, 6.07) is 25.6. The third-order valence-corrected chi connectivity index (χ3v) is 11.4. The van der Waals surface area contributed by atoms with Crippen LogP contribution in [0.25, 0.3) is 11.3 Å². The number of nitriles is 1. The molecule has 5 heterocycles. The van der Waals surface area contributed by atoms with Crippen LogP contribution in [0.5, 0.6) is 0 Å². The lowest BCUT2D eigenvalue weighted by atomic mass is 9.85. The first-order chi connectivity index (χ1) is 27.8. The summed E-state index contributed by atoms with van der Waals surface area (Å²) in [5.74, 6) is -0.845. The van der Waals surface area contributed by atoms with E-state index >= 15 is 4.39 Å². The zero-order valence-corrected chi connectivity index (χ0v) is 31.6. The monoisotopic (exact) mass is 768 g/mol. The molecule has 14 heteroatoms. The molecule has 4 aromatic rings. The normalized spacial score (nSPS) is 21.3. The fourth-order valence-corrected chi connectivity index (χ4v) is 8.47. The van der Waals surface area contributed by atoms with Gasteiger partial charge >= 0.3 is 0 Å². The quantitative estimate of drug-likeness (QED) is 0.197. The standard InChI is InChI=1S/C43H45FN10O3/c44-35-25-33(47-36-11-13-38(55)48-43(36)57)10-12-37(35)52-18-14-29(15-19-52)28-51-20-22-53(23-21-51)54-17-5-16-46-42(54)40(31-7-2-1-3-8-31)34-26-39(56)49-50-41(34)32-9-4-6-30(24-32)27-45/h1-10,12,16-17,24-26,29,36,40,42,47H,11,13-15,18-23,28H2,(H,49,56)(H,48,55,57). The molecule has 3 N–H and O–H groups in total. The maximum atomic E-state index is 15.3. The highest BCUT2D eigenvalue weighted by Crippen LogP contribution is 2.38. The Kier molecular flexibility index (Phi) is 11.2. The molecular weight excluding hydrogens is 724 g/mol. The van der Waals surface area contributed by atoms with Crippen LogP contribution in [-0.4, -0.2) is 101 Å². The Hall–Kier alpha value is -6.17. The molecule has 3 saturated heterocycles. The molecule has 2 amide bonds. The van der Waals surface area contributed by atoms with E-state index in [0.717, 1.165) is 75.3 Å². The molecule has 3 unspecified atom stereocenters. The molecule has 0 bridgehead atoms. The van der Waals surface area contributed by atoms with E-state index in [2.05, 4.69) is 65.1 Å². The first-order valence-electron chi connectivity index (χ1n) is 19.6. The van der Waals surface area contributed by atoms with E-state index in [4.69, 9.17) is 4.99 Å². The number of amides is 2. The largest absolute Gasteiger partial charge is 0.374 e. The van der Waals surface area contributed by atoms with Gasteiger partial charge in [-0.05, 0) is 72.7 Å². The van der Waals surface area contributed by atoms with Crippen molar-refractivity contribution < 1.29 is 14.0 Å². The zero-order chi connectivity index (χ0) is 39.3. The van der Waals surface area contributed by atoms with E-state index in [1.54, 1.807) is 30.3 Å². The predicted molar refractivity (Wildman–Crippen MR) is 216 cm³/mol. The number of nitrogens with zero attached hydrogens (tertiary/aromatic N) is 7. The van der Waals surface area contributed by atoms with E-state index < -0.39 is 12.2 Å². The van der Waals surface area contributed by atoms with Gasteiger partial charge in [0, 0.05) is 82.0 Å². The van der Waals surface area contributed by atoms with E-state index in [-0.39, 0.29) is 35.5 Å². The van der Waals surface area contributed by atoms with Crippen molar-refractivity contribution in [2.45, 2.75) is 43.8 Å². The molecular formula is C43H45FN10O3. The number of hydrogen-bond acceptors (Lipinski definition) is 11. The Bertz CT molecular complexity index is 2260. The van der Waals surface area contributed by atoms with Crippen molar-refractivity contribution in [2.24, 2.45) is 10.9 Å². The average Bonchev–Trinajstić information content (AvgIpc) is 3.23. The summed E-state index contributed by atoms with van der Waals surface area (Å²) in [6.45, 7) is 5.86. The fourth-order valence-electron chi connectivity index (χ4n) is 8.47. The molecule has 0 spiro atoms. The van der Waals surface area contributed by atoms with Gasteiger partial charge in [0.2, 0.25) is 11.8 Å². The summed E-state index contributed by atoms with van der Waals surface area (Å²) in [4.78, 5) is 46.2. The van der Waals surface area contributed by atoms with Gasteiger partial charge in [0.15, 0.2) is 0 Å². The molecule has 0 aliphatic carbocycles. The van der Waals surface area contributed by atoms with Crippen LogP contribution in [0.1, 0.15) is 48.3 Å². The molecule has 0 saturated carbocycles. The number of imide groups is 1. The van der Waals surface area contributed by atoms with Crippen molar-refractivity contribution in [2.75, 3.05) is 56.0 Å². The number of H-pyrrole nitrogens is 1. The Labute approximate surface area is 330 Å². The minimum absolute atomic E-state index is 0.259. The van der Waals surface area contributed by atoms with Crippen LogP contribution in [0.4, 0.5) is 15.8 Å². The van der Waals surface area contributed by atoms with Gasteiger partial charge < -0.3 is 15.1 Å². The number of benzene rings is 3. The summed E-state index contributed by atoms with van der Waals surface area (Å²) in [5.41, 5.74) is 4.35. The van der Waals surface area contributed by atoms with Crippen LogP contribution in [0.15, 0.2) is 101 Å². The molecule has 1 aromatic heterocycles. The van der Waals surface area contributed by atoms with Gasteiger partial charge in [-0.15, -0.1) is 0 Å². The number of allylic oxidation sites excluding steroid dienone is 1. The molecule has 57 heavy (non-hydrogen) atoms. The minimum Gasteiger partial charge on any atom is -0.374 e. The van der Waals surface area contributed by atoms with Gasteiger partial charge in [-0.2, -0.15) is 10.4 Å². The second kappa shape index (κ2) is 16.9. The van der Waals surface area contributed by atoms with E-state index in [0.29, 0.717) is 35.0 Å². The molecule has 8 rings (SSSR count). The number of hydrogen-bond donors (Lipinski definition) is 3. The van der Waals surface area contributed by atoms with Crippen molar-refractivity contribution in [1.29, 1.82) is 5.26 Å². The Morgan fingerprint density at radius 3 is 2.47 bits per heavy atom. The number of piperidine rings is 2. The van der Waals surface area contributed by atoms with Crippen molar-refractivity contribution in [3.63, 3.8) is 0 Å². The number of piperazine rings is 1. The Morgan fingerprint density at radius 1 is 0.912 bits per heavy atom. The van der Waals surface area contributed by atoms with Crippen LogP contribution in [0, 0.1) is 23.1 Å². The van der Waals surface area contributed by atoms with Crippen LogP contribution in [0.2, 0.25) is 0 Å². The van der Waals surface area contributed by atoms with Crippen molar-refractivity contribution in [1.82, 2.24) is 30.4 Å². The van der Waals surface area contributed by atoms with Gasteiger partial charge in [0.1, 0.15) is 18.0 Å². The summed E-state index contributed by atoms with van der Waals surface area (Å²) in [6.07, 6.45) is 7.99. The van der Waals surface area contributed by atoms with Crippen molar-refractivity contribution in [3.8, 4) is 17.3 Å². The highest BCUT2D eigenvalue weighted by Gasteiger charge is 2.36. The third-order valence-electron chi connectivity index (χ3n) is 11.4. The smallest absolute Gasteiger partial charge is 0.264 e. The molecule has 13 nitrogen and oxygen atoms in total. The molecule has 3 fully saturated rings. The molecule has 292 valence electrons. The lowest BCUT2D eigenvalue weighted by Crippen LogP contribution is -2.56. The molecule has 3 atom stereocenters. The average molecular weight is 769 g/mol. The van der Waals surface area contributed by atoms with Gasteiger partial charge in [0.05, 0.1) is 28.9 Å². The van der Waals surface area contributed by atoms with Crippen molar-refractivity contribution in [3.05, 3.63) is 124 Å².